The van der Waals surface area contributed by atoms with Crippen molar-refractivity contribution in [2.45, 2.75) is 44.6 Å². The Balaban J connectivity index is 1.66. The summed E-state index contributed by atoms with van der Waals surface area (Å²) >= 11 is 0. The van der Waals surface area contributed by atoms with Crippen LogP contribution in [0.3, 0.4) is 0 Å². The molecule has 1 aliphatic carbocycles. The van der Waals surface area contributed by atoms with Crippen LogP contribution in [-0.4, -0.2) is 28.4 Å². The molecule has 6 nitrogen and oxygen atoms in total. The van der Waals surface area contributed by atoms with E-state index in [9.17, 15) is 4.79 Å². The minimum Gasteiger partial charge on any atom is -0.366 e. The minimum absolute atomic E-state index is 0.112. The lowest BCUT2D eigenvalue weighted by Gasteiger charge is -2.21. The Morgan fingerprint density at radius 3 is 2.69 bits per heavy atom. The van der Waals surface area contributed by atoms with Crippen LogP contribution >= 0.6 is 0 Å². The van der Waals surface area contributed by atoms with E-state index in [4.69, 9.17) is 10.7 Å². The van der Waals surface area contributed by atoms with Crippen LogP contribution in [0, 0.1) is 0 Å². The molecule has 0 spiro atoms. The zero-order valence-corrected chi connectivity index (χ0v) is 16.7. The van der Waals surface area contributed by atoms with Gasteiger partial charge in [0.15, 0.2) is 0 Å². The van der Waals surface area contributed by atoms with Gasteiger partial charge in [-0.3, -0.25) is 9.20 Å². The van der Waals surface area contributed by atoms with Gasteiger partial charge in [-0.1, -0.05) is 49.6 Å². The summed E-state index contributed by atoms with van der Waals surface area (Å²) in [7, 11) is 0. The Morgan fingerprint density at radius 1 is 1.14 bits per heavy atom. The highest BCUT2D eigenvalue weighted by Crippen LogP contribution is 2.36. The number of amides is 1. The number of benzene rings is 1. The van der Waals surface area contributed by atoms with Gasteiger partial charge < -0.3 is 16.4 Å². The normalized spacial score (nSPS) is 14.8. The van der Waals surface area contributed by atoms with Crippen LogP contribution in [0.4, 0.5) is 5.82 Å². The Hall–Kier alpha value is -2.86. The molecule has 0 aliphatic heterocycles. The second-order valence-electron chi connectivity index (χ2n) is 7.71. The number of carbonyl (C=O) groups is 1. The zero-order valence-electron chi connectivity index (χ0n) is 16.7. The molecule has 1 aliphatic rings. The van der Waals surface area contributed by atoms with Gasteiger partial charge in [0, 0.05) is 37.3 Å². The molecule has 0 radical (unpaired) electrons. The average molecular weight is 392 g/mol. The monoisotopic (exact) mass is 391 g/mol. The standard InChI is InChI=1S/C23H29N5O/c24-12-13-25-23(29)19-11-14-28-20(15-19)27-21(18-9-5-2-6-10-18)22(28)26-16-17-7-3-1-4-8-17/h1,3-4,7-8,11,14-15,18,26H,2,5-6,9-10,12-13,16,24H2,(H,25,29). The molecule has 1 aromatic carbocycles. The van der Waals surface area contributed by atoms with Crippen LogP contribution in [0.15, 0.2) is 48.7 Å². The molecule has 6 heteroatoms. The van der Waals surface area contributed by atoms with E-state index in [1.165, 1.54) is 37.7 Å². The van der Waals surface area contributed by atoms with E-state index in [1.54, 1.807) is 0 Å². The number of nitrogens with one attached hydrogen (secondary N) is 2. The first kappa shape index (κ1) is 19.5. The van der Waals surface area contributed by atoms with Crippen molar-refractivity contribution >= 4 is 17.4 Å². The van der Waals surface area contributed by atoms with E-state index in [0.717, 1.165) is 23.7 Å². The maximum atomic E-state index is 12.3. The molecule has 3 aromatic rings. The smallest absolute Gasteiger partial charge is 0.251 e. The molecule has 1 saturated carbocycles. The van der Waals surface area contributed by atoms with Crippen LogP contribution in [0.5, 0.6) is 0 Å². The van der Waals surface area contributed by atoms with Crippen molar-refractivity contribution < 1.29 is 4.79 Å². The summed E-state index contributed by atoms with van der Waals surface area (Å²) in [5.74, 6) is 1.40. The number of aromatic nitrogens is 2. The minimum atomic E-state index is -0.112. The molecule has 29 heavy (non-hydrogen) atoms. The van der Waals surface area contributed by atoms with Crippen molar-refractivity contribution in [3.05, 3.63) is 65.5 Å². The first-order valence-electron chi connectivity index (χ1n) is 10.5. The van der Waals surface area contributed by atoms with Crippen molar-refractivity contribution in [3.63, 3.8) is 0 Å². The van der Waals surface area contributed by atoms with E-state index in [1.807, 2.05) is 24.4 Å². The molecular weight excluding hydrogens is 362 g/mol. The van der Waals surface area contributed by atoms with E-state index >= 15 is 0 Å². The third-order valence-corrected chi connectivity index (χ3v) is 5.64. The number of imidazole rings is 1. The Morgan fingerprint density at radius 2 is 1.93 bits per heavy atom. The van der Waals surface area contributed by atoms with Gasteiger partial charge in [0.25, 0.3) is 5.91 Å². The molecule has 2 heterocycles. The molecule has 0 unspecified atom stereocenters. The van der Waals surface area contributed by atoms with Crippen molar-refractivity contribution in [2.24, 2.45) is 5.73 Å². The highest BCUT2D eigenvalue weighted by atomic mass is 16.1. The Labute approximate surface area is 171 Å². The van der Waals surface area contributed by atoms with E-state index < -0.39 is 0 Å². The number of rotatable bonds is 7. The first-order valence-corrected chi connectivity index (χ1v) is 10.5. The van der Waals surface area contributed by atoms with Crippen molar-refractivity contribution in [2.75, 3.05) is 18.4 Å². The molecule has 2 aromatic heterocycles. The number of pyridine rings is 1. The van der Waals surface area contributed by atoms with Crippen LogP contribution in [0.25, 0.3) is 5.65 Å². The number of carbonyl (C=O) groups excluding carboxylic acids is 1. The molecule has 4 rings (SSSR count). The van der Waals surface area contributed by atoms with Crippen LogP contribution < -0.4 is 16.4 Å². The van der Waals surface area contributed by atoms with Gasteiger partial charge >= 0.3 is 0 Å². The van der Waals surface area contributed by atoms with Gasteiger partial charge in [-0.15, -0.1) is 0 Å². The third kappa shape index (κ3) is 4.43. The van der Waals surface area contributed by atoms with E-state index in [2.05, 4.69) is 39.3 Å². The summed E-state index contributed by atoms with van der Waals surface area (Å²) in [5.41, 5.74) is 9.27. The maximum absolute atomic E-state index is 12.3. The van der Waals surface area contributed by atoms with Gasteiger partial charge in [0.1, 0.15) is 11.5 Å². The van der Waals surface area contributed by atoms with Gasteiger partial charge in [-0.2, -0.15) is 0 Å². The second-order valence-corrected chi connectivity index (χ2v) is 7.71. The summed E-state index contributed by atoms with van der Waals surface area (Å²) < 4.78 is 2.08. The van der Waals surface area contributed by atoms with Crippen molar-refractivity contribution in [1.29, 1.82) is 0 Å². The summed E-state index contributed by atoms with van der Waals surface area (Å²) in [6.45, 7) is 1.64. The van der Waals surface area contributed by atoms with Gasteiger partial charge in [0.2, 0.25) is 0 Å². The summed E-state index contributed by atoms with van der Waals surface area (Å²) in [6.07, 6.45) is 8.11. The van der Waals surface area contributed by atoms with Gasteiger partial charge in [-0.05, 0) is 30.5 Å². The summed E-state index contributed by atoms with van der Waals surface area (Å²) in [6, 6.07) is 14.1. The highest BCUT2D eigenvalue weighted by Gasteiger charge is 2.23. The number of nitrogens with two attached hydrogens (primary N) is 1. The largest absolute Gasteiger partial charge is 0.366 e. The zero-order chi connectivity index (χ0) is 20.1. The fourth-order valence-corrected chi connectivity index (χ4v) is 4.11. The molecule has 0 atom stereocenters. The fraction of sp³-hybridized carbons (Fsp3) is 0.391. The SMILES string of the molecule is NCCNC(=O)c1ccn2c(NCc3ccccc3)c(C3CCCCC3)nc2c1. The number of hydrogen-bond donors (Lipinski definition) is 3. The number of nitrogens with zero attached hydrogens (tertiary/aromatic N) is 2. The molecule has 152 valence electrons. The number of hydrogen-bond acceptors (Lipinski definition) is 4. The van der Waals surface area contributed by atoms with Crippen LogP contribution in [-0.2, 0) is 6.54 Å². The molecule has 1 fully saturated rings. The highest BCUT2D eigenvalue weighted by molar-refractivity contribution is 5.95. The Kier molecular flexibility index (Phi) is 6.10. The second kappa shape index (κ2) is 9.09. The predicted octanol–water partition coefficient (Wildman–Crippen LogP) is 3.68. The average Bonchev–Trinajstić information content (AvgIpc) is 3.15. The topological polar surface area (TPSA) is 84.5 Å². The van der Waals surface area contributed by atoms with Crippen molar-refractivity contribution in [1.82, 2.24) is 14.7 Å². The van der Waals surface area contributed by atoms with E-state index in [0.29, 0.717) is 24.6 Å². The quantitative estimate of drug-likeness (QED) is 0.574. The lowest BCUT2D eigenvalue weighted by atomic mass is 9.87. The molecule has 0 bridgehead atoms. The lowest BCUT2D eigenvalue weighted by Crippen LogP contribution is -2.29. The third-order valence-electron chi connectivity index (χ3n) is 5.64. The predicted molar refractivity (Wildman–Crippen MR) is 116 cm³/mol. The first-order chi connectivity index (χ1) is 14.3. The van der Waals surface area contributed by atoms with Crippen molar-refractivity contribution in [3.8, 4) is 0 Å². The molecule has 0 saturated heterocycles. The van der Waals surface area contributed by atoms with Gasteiger partial charge in [0.05, 0.1) is 5.69 Å². The number of anilines is 1. The molecular formula is C23H29N5O. The van der Waals surface area contributed by atoms with E-state index in [-0.39, 0.29) is 5.91 Å². The van der Waals surface area contributed by atoms with Crippen LogP contribution in [0.2, 0.25) is 0 Å². The van der Waals surface area contributed by atoms with Gasteiger partial charge in [-0.25, -0.2) is 4.98 Å². The van der Waals surface area contributed by atoms with Crippen LogP contribution in [0.1, 0.15) is 59.6 Å². The molecule has 1 amide bonds. The fourth-order valence-electron chi connectivity index (χ4n) is 4.11. The Bertz CT molecular complexity index is 960. The maximum Gasteiger partial charge on any atom is 0.251 e. The summed E-state index contributed by atoms with van der Waals surface area (Å²) in [4.78, 5) is 17.3. The summed E-state index contributed by atoms with van der Waals surface area (Å²) in [5, 5.41) is 6.44. The number of fused-ring (bicyclic) bond motifs is 1. The lowest BCUT2D eigenvalue weighted by molar-refractivity contribution is 0.0954. The molecule has 4 N–H and O–H groups in total.